The molecule has 0 aromatic carbocycles. The van der Waals surface area contributed by atoms with Crippen LogP contribution in [0.4, 0.5) is 0 Å². The lowest BCUT2D eigenvalue weighted by atomic mass is 10.0. The maximum atomic E-state index is 11.0. The van der Waals surface area contributed by atoms with Gasteiger partial charge >= 0.3 is 5.97 Å². The lowest BCUT2D eigenvalue weighted by Gasteiger charge is -2.23. The molecule has 1 aliphatic heterocycles. The van der Waals surface area contributed by atoms with Crippen molar-refractivity contribution in [2.45, 2.75) is 51.0 Å². The van der Waals surface area contributed by atoms with Gasteiger partial charge in [0.1, 0.15) is 0 Å². The molecule has 0 spiro atoms. The summed E-state index contributed by atoms with van der Waals surface area (Å²) in [4.78, 5) is 11.0. The van der Waals surface area contributed by atoms with Crippen molar-refractivity contribution in [3.63, 3.8) is 0 Å². The van der Waals surface area contributed by atoms with Crippen LogP contribution in [0, 0.1) is 0 Å². The van der Waals surface area contributed by atoms with Crippen molar-refractivity contribution in [3.8, 4) is 0 Å². The Balaban J connectivity index is 2.17. The fraction of sp³-hybridized carbons (Fsp3) is 0.833. The molecule has 0 aliphatic carbocycles. The SMILES string of the molecule is CCCC(CC(=O)O)n1nnnc1C1CCCOC1. The molecule has 7 heteroatoms. The zero-order valence-electron chi connectivity index (χ0n) is 11.2. The van der Waals surface area contributed by atoms with E-state index >= 15 is 0 Å². The largest absolute Gasteiger partial charge is 0.481 e. The highest BCUT2D eigenvalue weighted by Gasteiger charge is 2.26. The highest BCUT2D eigenvalue weighted by atomic mass is 16.5. The van der Waals surface area contributed by atoms with Gasteiger partial charge in [0.25, 0.3) is 0 Å². The summed E-state index contributed by atoms with van der Waals surface area (Å²) in [5, 5.41) is 20.8. The van der Waals surface area contributed by atoms with Crippen LogP contribution in [0.2, 0.25) is 0 Å². The van der Waals surface area contributed by atoms with E-state index in [4.69, 9.17) is 9.84 Å². The quantitative estimate of drug-likeness (QED) is 0.838. The van der Waals surface area contributed by atoms with E-state index in [0.717, 1.165) is 38.1 Å². The van der Waals surface area contributed by atoms with Gasteiger partial charge in [-0.1, -0.05) is 13.3 Å². The lowest BCUT2D eigenvalue weighted by Crippen LogP contribution is -2.23. The molecule has 19 heavy (non-hydrogen) atoms. The van der Waals surface area contributed by atoms with E-state index in [9.17, 15) is 4.79 Å². The molecule has 0 radical (unpaired) electrons. The minimum atomic E-state index is -0.820. The molecule has 2 heterocycles. The van der Waals surface area contributed by atoms with Crippen LogP contribution in [-0.2, 0) is 9.53 Å². The number of aliphatic carboxylic acids is 1. The third kappa shape index (κ3) is 3.50. The average Bonchev–Trinajstić information content (AvgIpc) is 2.88. The van der Waals surface area contributed by atoms with Crippen molar-refractivity contribution in [3.05, 3.63) is 5.82 Å². The number of rotatable bonds is 6. The number of carboxylic acid groups (broad SMARTS) is 1. The number of nitrogens with zero attached hydrogens (tertiary/aromatic N) is 4. The van der Waals surface area contributed by atoms with Gasteiger partial charge in [-0.3, -0.25) is 4.79 Å². The van der Waals surface area contributed by atoms with Gasteiger partial charge in [0.05, 0.1) is 19.1 Å². The predicted molar refractivity (Wildman–Crippen MR) is 66.8 cm³/mol. The molecule has 106 valence electrons. The predicted octanol–water partition coefficient (Wildman–Crippen LogP) is 1.38. The average molecular weight is 268 g/mol. The second-order valence-corrected chi connectivity index (χ2v) is 4.94. The van der Waals surface area contributed by atoms with E-state index < -0.39 is 5.97 Å². The van der Waals surface area contributed by atoms with Crippen LogP contribution in [0.1, 0.15) is 56.8 Å². The molecule has 2 atom stereocenters. The second kappa shape index (κ2) is 6.60. The summed E-state index contributed by atoms with van der Waals surface area (Å²) in [5.74, 6) is 0.121. The minimum absolute atomic E-state index is 0.0550. The third-order valence-corrected chi connectivity index (χ3v) is 3.42. The highest BCUT2D eigenvalue weighted by Crippen LogP contribution is 2.27. The van der Waals surface area contributed by atoms with Gasteiger partial charge in [-0.05, 0) is 29.7 Å². The number of aromatic nitrogens is 4. The zero-order valence-corrected chi connectivity index (χ0v) is 11.2. The minimum Gasteiger partial charge on any atom is -0.481 e. The zero-order chi connectivity index (χ0) is 13.7. The number of ether oxygens (including phenoxy) is 1. The molecule has 7 nitrogen and oxygen atoms in total. The first-order chi connectivity index (χ1) is 9.22. The summed E-state index contributed by atoms with van der Waals surface area (Å²) in [6.45, 7) is 3.43. The van der Waals surface area contributed by atoms with Crippen LogP contribution < -0.4 is 0 Å². The molecule has 1 aromatic rings. The molecule has 0 bridgehead atoms. The maximum absolute atomic E-state index is 11.0. The molecule has 1 fully saturated rings. The van der Waals surface area contributed by atoms with E-state index in [-0.39, 0.29) is 18.4 Å². The van der Waals surface area contributed by atoms with Crippen molar-refractivity contribution in [2.24, 2.45) is 0 Å². The first kappa shape index (κ1) is 13.9. The summed E-state index contributed by atoms with van der Waals surface area (Å²) in [7, 11) is 0. The number of carboxylic acids is 1. The molecule has 1 N–H and O–H groups in total. The van der Waals surface area contributed by atoms with Gasteiger partial charge in [0.2, 0.25) is 0 Å². The van der Waals surface area contributed by atoms with Gasteiger partial charge in [-0.25, -0.2) is 4.68 Å². The summed E-state index contributed by atoms with van der Waals surface area (Å²) in [6.07, 6.45) is 3.71. The number of hydrogen-bond donors (Lipinski definition) is 1. The summed E-state index contributed by atoms with van der Waals surface area (Å²) >= 11 is 0. The Labute approximate surface area is 111 Å². The normalized spacial score (nSPS) is 21.2. The van der Waals surface area contributed by atoms with Gasteiger partial charge in [0, 0.05) is 12.5 Å². The fourth-order valence-electron chi connectivity index (χ4n) is 2.52. The topological polar surface area (TPSA) is 90.1 Å². The Kier molecular flexibility index (Phi) is 4.84. The molecule has 1 aromatic heterocycles. The number of carbonyl (C=O) groups is 1. The molecule has 2 unspecified atom stereocenters. The van der Waals surface area contributed by atoms with Crippen LogP contribution in [0.5, 0.6) is 0 Å². The van der Waals surface area contributed by atoms with E-state index in [1.165, 1.54) is 0 Å². The Hall–Kier alpha value is -1.50. The summed E-state index contributed by atoms with van der Waals surface area (Å²) < 4.78 is 7.15. The van der Waals surface area contributed by atoms with Crippen LogP contribution in [0.15, 0.2) is 0 Å². The van der Waals surface area contributed by atoms with E-state index in [2.05, 4.69) is 15.5 Å². The Morgan fingerprint density at radius 3 is 3.11 bits per heavy atom. The lowest BCUT2D eigenvalue weighted by molar-refractivity contribution is -0.138. The highest BCUT2D eigenvalue weighted by molar-refractivity contribution is 5.67. The molecule has 0 saturated carbocycles. The van der Waals surface area contributed by atoms with Crippen LogP contribution in [0.3, 0.4) is 0 Å². The van der Waals surface area contributed by atoms with Crippen molar-refractivity contribution < 1.29 is 14.6 Å². The van der Waals surface area contributed by atoms with Gasteiger partial charge in [-0.15, -0.1) is 5.10 Å². The molecular weight excluding hydrogens is 248 g/mol. The Bertz CT molecular complexity index is 415. The second-order valence-electron chi connectivity index (χ2n) is 4.94. The maximum Gasteiger partial charge on any atom is 0.305 e. The van der Waals surface area contributed by atoms with Crippen molar-refractivity contribution in [1.29, 1.82) is 0 Å². The van der Waals surface area contributed by atoms with Gasteiger partial charge < -0.3 is 9.84 Å². The summed E-state index contributed by atoms with van der Waals surface area (Å²) in [6, 6.07) is -0.172. The van der Waals surface area contributed by atoms with Crippen molar-refractivity contribution in [1.82, 2.24) is 20.2 Å². The van der Waals surface area contributed by atoms with Crippen LogP contribution in [-0.4, -0.2) is 44.5 Å². The summed E-state index contributed by atoms with van der Waals surface area (Å²) in [5.41, 5.74) is 0. The molecular formula is C12H20N4O3. The first-order valence-electron chi connectivity index (χ1n) is 6.79. The monoisotopic (exact) mass is 268 g/mol. The standard InChI is InChI=1S/C12H20N4O3/c1-2-4-10(7-11(17)18)16-12(13-14-15-16)9-5-3-6-19-8-9/h9-10H,2-8H2,1H3,(H,17,18). The molecule has 0 amide bonds. The number of hydrogen-bond acceptors (Lipinski definition) is 5. The third-order valence-electron chi connectivity index (χ3n) is 3.42. The Morgan fingerprint density at radius 2 is 2.47 bits per heavy atom. The first-order valence-corrected chi connectivity index (χ1v) is 6.79. The van der Waals surface area contributed by atoms with Gasteiger partial charge in [0.15, 0.2) is 5.82 Å². The van der Waals surface area contributed by atoms with Crippen LogP contribution in [0.25, 0.3) is 0 Å². The molecule has 1 aliphatic rings. The van der Waals surface area contributed by atoms with Gasteiger partial charge in [-0.2, -0.15) is 0 Å². The Morgan fingerprint density at radius 1 is 1.63 bits per heavy atom. The number of tetrazole rings is 1. The smallest absolute Gasteiger partial charge is 0.305 e. The van der Waals surface area contributed by atoms with Crippen molar-refractivity contribution >= 4 is 5.97 Å². The van der Waals surface area contributed by atoms with Crippen LogP contribution >= 0.6 is 0 Å². The van der Waals surface area contributed by atoms with E-state index in [1.54, 1.807) is 4.68 Å². The van der Waals surface area contributed by atoms with E-state index in [1.807, 2.05) is 6.92 Å². The van der Waals surface area contributed by atoms with E-state index in [0.29, 0.717) is 6.61 Å². The fourth-order valence-corrected chi connectivity index (χ4v) is 2.52. The molecule has 1 saturated heterocycles. The molecule has 2 rings (SSSR count). The van der Waals surface area contributed by atoms with Crippen molar-refractivity contribution in [2.75, 3.05) is 13.2 Å².